The van der Waals surface area contributed by atoms with Gasteiger partial charge in [0.25, 0.3) is 0 Å². The van der Waals surface area contributed by atoms with Gasteiger partial charge in [0.2, 0.25) is 0 Å². The second kappa shape index (κ2) is 5.38. The van der Waals surface area contributed by atoms with E-state index in [1.165, 1.54) is 0 Å². The number of fused-ring (bicyclic) bond motifs is 1. The minimum Gasteiger partial charge on any atom is -0.480 e. The van der Waals surface area contributed by atoms with Crippen molar-refractivity contribution in [2.24, 2.45) is 0 Å². The summed E-state index contributed by atoms with van der Waals surface area (Å²) < 4.78 is 0. The van der Waals surface area contributed by atoms with Crippen LogP contribution in [0, 0.1) is 0 Å². The van der Waals surface area contributed by atoms with Gasteiger partial charge in [-0.2, -0.15) is 0 Å². The minimum atomic E-state index is -0.830. The maximum Gasteiger partial charge on any atom is 0.325 e. The standard InChI is InChI=1S/C15H15N3O2/c19-15(20)14(11-4-2-1-3-5-11)18-9-6-12-13(10-18)17-8-7-16-12/h1-5,7-8,14H,6,9-10H2,(H,19,20). The summed E-state index contributed by atoms with van der Waals surface area (Å²) in [5, 5.41) is 9.55. The summed E-state index contributed by atoms with van der Waals surface area (Å²) in [5.41, 5.74) is 2.65. The van der Waals surface area contributed by atoms with E-state index >= 15 is 0 Å². The molecule has 0 saturated heterocycles. The van der Waals surface area contributed by atoms with Gasteiger partial charge in [-0.1, -0.05) is 30.3 Å². The lowest BCUT2D eigenvalue weighted by molar-refractivity contribution is -0.144. The highest BCUT2D eigenvalue weighted by atomic mass is 16.4. The highest BCUT2D eigenvalue weighted by Crippen LogP contribution is 2.26. The van der Waals surface area contributed by atoms with Gasteiger partial charge < -0.3 is 5.11 Å². The molecule has 1 N–H and O–H groups in total. The lowest BCUT2D eigenvalue weighted by atomic mass is 10.0. The first-order valence-electron chi connectivity index (χ1n) is 6.56. The van der Waals surface area contributed by atoms with E-state index in [-0.39, 0.29) is 0 Å². The van der Waals surface area contributed by atoms with E-state index in [9.17, 15) is 9.90 Å². The maximum atomic E-state index is 11.6. The Morgan fingerprint density at radius 3 is 2.55 bits per heavy atom. The lowest BCUT2D eigenvalue weighted by Crippen LogP contribution is -2.38. The van der Waals surface area contributed by atoms with Crippen LogP contribution in [-0.2, 0) is 17.8 Å². The number of carbonyl (C=O) groups is 1. The van der Waals surface area contributed by atoms with E-state index < -0.39 is 12.0 Å². The first-order valence-corrected chi connectivity index (χ1v) is 6.56. The topological polar surface area (TPSA) is 66.3 Å². The molecule has 0 saturated carbocycles. The zero-order valence-corrected chi connectivity index (χ0v) is 10.9. The van der Waals surface area contributed by atoms with E-state index in [0.717, 1.165) is 23.4 Å². The molecule has 1 aliphatic rings. The molecule has 5 heteroatoms. The van der Waals surface area contributed by atoms with Crippen LogP contribution in [-0.4, -0.2) is 32.5 Å². The molecule has 1 aromatic carbocycles. The first-order chi connectivity index (χ1) is 9.75. The fourth-order valence-corrected chi connectivity index (χ4v) is 2.62. The van der Waals surface area contributed by atoms with Crippen molar-refractivity contribution >= 4 is 5.97 Å². The van der Waals surface area contributed by atoms with Crippen molar-refractivity contribution in [3.63, 3.8) is 0 Å². The maximum absolute atomic E-state index is 11.6. The fraction of sp³-hybridized carbons (Fsp3) is 0.267. The Hall–Kier alpha value is -2.27. The molecule has 1 aromatic heterocycles. The molecule has 2 aromatic rings. The highest BCUT2D eigenvalue weighted by molar-refractivity contribution is 5.75. The number of hydrogen-bond donors (Lipinski definition) is 1. The molecular weight excluding hydrogens is 254 g/mol. The average molecular weight is 269 g/mol. The normalized spacial score (nSPS) is 16.4. The second-order valence-corrected chi connectivity index (χ2v) is 4.82. The second-order valence-electron chi connectivity index (χ2n) is 4.82. The van der Waals surface area contributed by atoms with Crippen molar-refractivity contribution in [3.8, 4) is 0 Å². The van der Waals surface area contributed by atoms with Crippen LogP contribution in [0.25, 0.3) is 0 Å². The van der Waals surface area contributed by atoms with Gasteiger partial charge in [-0.15, -0.1) is 0 Å². The average Bonchev–Trinajstić information content (AvgIpc) is 2.48. The summed E-state index contributed by atoms with van der Waals surface area (Å²) in [4.78, 5) is 22.2. The number of rotatable bonds is 3. The number of hydrogen-bond acceptors (Lipinski definition) is 4. The van der Waals surface area contributed by atoms with Crippen molar-refractivity contribution in [1.29, 1.82) is 0 Å². The molecule has 3 rings (SSSR count). The Bertz CT molecular complexity index is 616. The van der Waals surface area contributed by atoms with Gasteiger partial charge in [0.05, 0.1) is 11.4 Å². The van der Waals surface area contributed by atoms with E-state index in [0.29, 0.717) is 13.1 Å². The zero-order chi connectivity index (χ0) is 13.9. The molecule has 0 radical (unpaired) electrons. The van der Waals surface area contributed by atoms with E-state index in [1.807, 2.05) is 35.2 Å². The van der Waals surface area contributed by atoms with Crippen molar-refractivity contribution in [1.82, 2.24) is 14.9 Å². The number of carboxylic acid groups (broad SMARTS) is 1. The Morgan fingerprint density at radius 1 is 1.15 bits per heavy atom. The van der Waals surface area contributed by atoms with Crippen LogP contribution in [0.15, 0.2) is 42.7 Å². The molecule has 0 amide bonds. The number of aromatic nitrogens is 2. The quantitative estimate of drug-likeness (QED) is 0.918. The summed E-state index contributed by atoms with van der Waals surface area (Å²) >= 11 is 0. The highest BCUT2D eigenvalue weighted by Gasteiger charge is 2.30. The Labute approximate surface area is 116 Å². The van der Waals surface area contributed by atoms with Crippen LogP contribution in [0.3, 0.4) is 0 Å². The monoisotopic (exact) mass is 269 g/mol. The van der Waals surface area contributed by atoms with Crippen molar-refractivity contribution < 1.29 is 9.90 Å². The molecule has 0 spiro atoms. The predicted molar refractivity (Wildman–Crippen MR) is 73.0 cm³/mol. The predicted octanol–water partition coefficient (Wildman–Crippen LogP) is 1.66. The van der Waals surface area contributed by atoms with Crippen molar-refractivity contribution in [2.45, 2.75) is 19.0 Å². The molecular formula is C15H15N3O2. The fourth-order valence-electron chi connectivity index (χ4n) is 2.62. The molecule has 102 valence electrons. The molecule has 2 heterocycles. The van der Waals surface area contributed by atoms with Crippen molar-refractivity contribution in [2.75, 3.05) is 6.54 Å². The van der Waals surface area contributed by atoms with Crippen LogP contribution in [0.5, 0.6) is 0 Å². The molecule has 0 bridgehead atoms. The van der Waals surface area contributed by atoms with Gasteiger partial charge in [-0.3, -0.25) is 19.7 Å². The minimum absolute atomic E-state index is 0.523. The van der Waals surface area contributed by atoms with Crippen molar-refractivity contribution in [3.05, 3.63) is 59.7 Å². The molecule has 0 fully saturated rings. The Kier molecular flexibility index (Phi) is 3.43. The molecule has 5 nitrogen and oxygen atoms in total. The van der Waals surface area contributed by atoms with E-state index in [2.05, 4.69) is 9.97 Å². The van der Waals surface area contributed by atoms with Gasteiger partial charge in [-0.05, 0) is 5.56 Å². The third kappa shape index (κ3) is 2.40. The van der Waals surface area contributed by atoms with E-state index in [1.54, 1.807) is 12.4 Å². The summed E-state index contributed by atoms with van der Waals surface area (Å²) in [7, 11) is 0. The molecule has 0 aliphatic carbocycles. The number of carboxylic acids is 1. The van der Waals surface area contributed by atoms with Gasteiger partial charge in [0.15, 0.2) is 0 Å². The first kappa shape index (κ1) is 12.7. The van der Waals surface area contributed by atoms with Crippen LogP contribution in [0.2, 0.25) is 0 Å². The summed E-state index contributed by atoms with van der Waals surface area (Å²) in [5.74, 6) is -0.830. The number of aliphatic carboxylic acids is 1. The summed E-state index contributed by atoms with van der Waals surface area (Å²) in [6.45, 7) is 1.20. The molecule has 1 atom stereocenters. The van der Waals surface area contributed by atoms with Gasteiger partial charge in [-0.25, -0.2) is 0 Å². The molecule has 1 aliphatic heterocycles. The summed E-state index contributed by atoms with van der Waals surface area (Å²) in [6, 6.07) is 8.69. The number of nitrogens with zero attached hydrogens (tertiary/aromatic N) is 3. The van der Waals surface area contributed by atoms with Gasteiger partial charge in [0.1, 0.15) is 6.04 Å². The van der Waals surface area contributed by atoms with E-state index in [4.69, 9.17) is 0 Å². The largest absolute Gasteiger partial charge is 0.480 e. The van der Waals surface area contributed by atoms with Crippen LogP contribution in [0.1, 0.15) is 23.0 Å². The molecule has 1 unspecified atom stereocenters. The van der Waals surface area contributed by atoms with Gasteiger partial charge >= 0.3 is 5.97 Å². The van der Waals surface area contributed by atoms with Crippen LogP contribution < -0.4 is 0 Å². The smallest absolute Gasteiger partial charge is 0.325 e. The van der Waals surface area contributed by atoms with Crippen LogP contribution in [0.4, 0.5) is 0 Å². The third-order valence-corrected chi connectivity index (χ3v) is 3.56. The zero-order valence-electron chi connectivity index (χ0n) is 10.9. The lowest BCUT2D eigenvalue weighted by Gasteiger charge is -2.32. The number of benzene rings is 1. The van der Waals surface area contributed by atoms with Crippen LogP contribution >= 0.6 is 0 Å². The Balaban J connectivity index is 1.89. The molecule has 20 heavy (non-hydrogen) atoms. The third-order valence-electron chi connectivity index (χ3n) is 3.56. The Morgan fingerprint density at radius 2 is 1.85 bits per heavy atom. The summed E-state index contributed by atoms with van der Waals surface area (Å²) in [6.07, 6.45) is 4.07. The van der Waals surface area contributed by atoms with Gasteiger partial charge in [0, 0.05) is 31.9 Å². The SMILES string of the molecule is O=C(O)C(c1ccccc1)N1CCc2nccnc2C1.